The van der Waals surface area contributed by atoms with E-state index in [1.165, 1.54) is 0 Å². The van der Waals surface area contributed by atoms with Crippen LogP contribution in [0.25, 0.3) is 0 Å². The summed E-state index contributed by atoms with van der Waals surface area (Å²) < 4.78 is 0. The third kappa shape index (κ3) is 2.16. The van der Waals surface area contributed by atoms with E-state index in [-0.39, 0.29) is 17.7 Å². The Kier molecular flexibility index (Phi) is 3.38. The number of fused-ring (bicyclic) bond motifs is 2. The van der Waals surface area contributed by atoms with Crippen LogP contribution in [-0.4, -0.2) is 11.9 Å². The van der Waals surface area contributed by atoms with Gasteiger partial charge >= 0.3 is 0 Å². The summed E-state index contributed by atoms with van der Waals surface area (Å²) >= 11 is 5.15. The number of hydrogen-bond donors (Lipinski definition) is 1. The summed E-state index contributed by atoms with van der Waals surface area (Å²) in [5.41, 5.74) is 0.576. The van der Waals surface area contributed by atoms with Crippen LogP contribution in [0.3, 0.4) is 0 Å². The Hall–Kier alpha value is -1.62. The van der Waals surface area contributed by atoms with Gasteiger partial charge in [-0.2, -0.15) is 4.90 Å². The minimum Gasteiger partial charge on any atom is -0.778 e. The van der Waals surface area contributed by atoms with Crippen LogP contribution in [0.15, 0.2) is 29.2 Å². The van der Waals surface area contributed by atoms with Crippen LogP contribution in [0, 0.1) is 23.7 Å². The Morgan fingerprint density at radius 3 is 2.45 bits per heavy atom. The summed E-state index contributed by atoms with van der Waals surface area (Å²) in [6, 6.07) is 7.07. The molecule has 1 amide bonds. The quantitative estimate of drug-likeness (QED) is 0.841. The number of para-hydroxylation sites is 1. The van der Waals surface area contributed by atoms with E-state index in [0.717, 1.165) is 19.3 Å². The Morgan fingerprint density at radius 2 is 1.80 bits per heavy atom. The fourth-order valence-electron chi connectivity index (χ4n) is 3.79. The van der Waals surface area contributed by atoms with E-state index in [1.807, 2.05) is 0 Å². The van der Waals surface area contributed by atoms with Gasteiger partial charge in [-0.15, -0.1) is 0 Å². The van der Waals surface area contributed by atoms with Crippen LogP contribution in [0.2, 0.25) is 0 Å². The van der Waals surface area contributed by atoms with Crippen molar-refractivity contribution < 1.29 is 14.7 Å². The molecule has 0 saturated heterocycles. The Morgan fingerprint density at radius 1 is 1.15 bits per heavy atom. The van der Waals surface area contributed by atoms with Crippen molar-refractivity contribution >= 4 is 30.2 Å². The van der Waals surface area contributed by atoms with Crippen LogP contribution in [0.5, 0.6) is 0 Å². The van der Waals surface area contributed by atoms with Gasteiger partial charge in [-0.25, -0.2) is 0 Å². The molecule has 2 bridgehead atoms. The smallest absolute Gasteiger partial charge is 0.228 e. The van der Waals surface area contributed by atoms with E-state index in [4.69, 9.17) is 12.6 Å². The highest BCUT2D eigenvalue weighted by molar-refractivity contribution is 7.59. The molecule has 0 aromatic heterocycles. The van der Waals surface area contributed by atoms with Crippen LogP contribution >= 0.6 is 0 Å². The molecule has 1 N–H and O–H groups in total. The first-order chi connectivity index (χ1) is 9.58. The van der Waals surface area contributed by atoms with E-state index < -0.39 is 17.8 Å². The van der Waals surface area contributed by atoms with Crippen molar-refractivity contribution in [3.05, 3.63) is 24.3 Å². The van der Waals surface area contributed by atoms with Crippen LogP contribution in [0.4, 0.5) is 5.69 Å². The summed E-state index contributed by atoms with van der Waals surface area (Å²) in [7, 11) is 0. The minimum atomic E-state index is -1.09. The largest absolute Gasteiger partial charge is 0.778 e. The molecule has 0 radical (unpaired) electrons. The number of carbonyl (C=O) groups is 2. The number of nitrogens with one attached hydrogen (secondary N) is 1. The number of carbonyl (C=O) groups excluding carboxylic acids is 2. The lowest BCUT2D eigenvalue weighted by molar-refractivity contribution is -0.314. The molecule has 4 atom stereocenters. The van der Waals surface area contributed by atoms with Gasteiger partial charge in [0.15, 0.2) is 0 Å². The van der Waals surface area contributed by atoms with Gasteiger partial charge in [-0.1, -0.05) is 18.2 Å². The zero-order chi connectivity index (χ0) is 14.3. The van der Waals surface area contributed by atoms with Crippen molar-refractivity contribution in [2.24, 2.45) is 23.7 Å². The topological polar surface area (TPSA) is 69.2 Å². The molecule has 2 aliphatic carbocycles. The summed E-state index contributed by atoms with van der Waals surface area (Å²) in [5, 5.41) is 14.1. The van der Waals surface area contributed by atoms with Gasteiger partial charge in [0.2, 0.25) is 5.91 Å². The number of carboxylic acid groups (broad SMARTS) is 1. The predicted octanol–water partition coefficient (Wildman–Crippen LogP) is 0.943. The number of benzene rings is 1. The predicted molar refractivity (Wildman–Crippen MR) is 73.5 cm³/mol. The highest BCUT2D eigenvalue weighted by Gasteiger charge is 2.51. The van der Waals surface area contributed by atoms with Gasteiger partial charge in [0.1, 0.15) is 0 Å². The van der Waals surface area contributed by atoms with Gasteiger partial charge in [0.05, 0.1) is 0 Å². The summed E-state index contributed by atoms with van der Waals surface area (Å²) in [6.45, 7) is 0. The molecule has 106 valence electrons. The Labute approximate surface area is 123 Å². The number of rotatable bonds is 3. The van der Waals surface area contributed by atoms with Crippen LogP contribution < -0.4 is 10.4 Å². The van der Waals surface area contributed by atoms with Gasteiger partial charge in [0.25, 0.3) is 0 Å². The summed E-state index contributed by atoms with van der Waals surface area (Å²) in [6.07, 6.45) is 2.65. The first-order valence-electron chi connectivity index (χ1n) is 6.85. The summed E-state index contributed by atoms with van der Waals surface area (Å²) in [5.74, 6) is -2.19. The van der Waals surface area contributed by atoms with Crippen molar-refractivity contribution in [2.45, 2.75) is 24.2 Å². The highest BCUT2D eigenvalue weighted by Crippen LogP contribution is 2.52. The first kappa shape index (κ1) is 13.4. The standard InChI is InChI=1S/C15H17NO3S/c17-14(16-10-3-1-2-4-11(10)20)12-8-5-6-9(7-8)13(12)15(18)19/h1-4,8-9,12-13,20H,5-7H2,(H,16,17)(H,18,19)/p-2/t8-,9-,12-,13-/m0/s1. The van der Waals surface area contributed by atoms with Crippen LogP contribution in [-0.2, 0) is 22.2 Å². The average Bonchev–Trinajstić information content (AvgIpc) is 3.01. The molecule has 2 saturated carbocycles. The van der Waals surface area contributed by atoms with Crippen LogP contribution in [0.1, 0.15) is 19.3 Å². The normalized spacial score (nSPS) is 31.2. The molecule has 3 rings (SSSR count). The molecule has 4 nitrogen and oxygen atoms in total. The van der Waals surface area contributed by atoms with Crippen molar-refractivity contribution in [3.8, 4) is 0 Å². The molecule has 2 aliphatic rings. The second-order valence-corrected chi connectivity index (χ2v) is 6.13. The van der Waals surface area contributed by atoms with E-state index >= 15 is 0 Å². The second kappa shape index (κ2) is 5.05. The Bertz CT molecular complexity index is 560. The molecular weight excluding hydrogens is 274 g/mol. The van der Waals surface area contributed by atoms with E-state index in [0.29, 0.717) is 10.6 Å². The average molecular weight is 289 g/mol. The van der Waals surface area contributed by atoms with E-state index in [9.17, 15) is 14.7 Å². The number of aliphatic carboxylic acids is 1. The fraction of sp³-hybridized carbons (Fsp3) is 0.467. The van der Waals surface area contributed by atoms with Crippen molar-refractivity contribution in [3.63, 3.8) is 0 Å². The molecule has 0 heterocycles. The molecule has 2 fully saturated rings. The van der Waals surface area contributed by atoms with E-state index in [1.54, 1.807) is 24.3 Å². The zero-order valence-corrected chi connectivity index (χ0v) is 11.7. The summed E-state index contributed by atoms with van der Waals surface area (Å²) in [4.78, 5) is 24.3. The van der Waals surface area contributed by atoms with E-state index in [2.05, 4.69) is 5.32 Å². The SMILES string of the molecule is O=C([O-])[C@H]1[C@H]2CC[C@@H](C2)[C@@H]1C(=O)Nc1ccccc1[S-]. The van der Waals surface area contributed by atoms with Crippen molar-refractivity contribution in [2.75, 3.05) is 5.32 Å². The third-order valence-corrected chi connectivity index (χ3v) is 4.99. The minimum absolute atomic E-state index is 0.0968. The highest BCUT2D eigenvalue weighted by atomic mass is 32.1. The maximum absolute atomic E-state index is 12.4. The molecule has 0 unspecified atom stereocenters. The third-order valence-electron chi connectivity index (χ3n) is 4.64. The van der Waals surface area contributed by atoms with Gasteiger partial charge in [-0.3, -0.25) is 4.79 Å². The zero-order valence-electron chi connectivity index (χ0n) is 10.9. The van der Waals surface area contributed by atoms with Gasteiger partial charge < -0.3 is 27.8 Å². The lowest BCUT2D eigenvalue weighted by atomic mass is 9.78. The van der Waals surface area contributed by atoms with Crippen molar-refractivity contribution in [1.82, 2.24) is 0 Å². The second-order valence-electron chi connectivity index (χ2n) is 5.69. The maximum atomic E-state index is 12.4. The maximum Gasteiger partial charge on any atom is 0.228 e. The number of carboxylic acids is 1. The molecule has 20 heavy (non-hydrogen) atoms. The molecular formula is C15H15NO3S-2. The molecule has 0 spiro atoms. The van der Waals surface area contributed by atoms with Gasteiger partial charge in [0, 0.05) is 23.5 Å². The number of hydrogen-bond acceptors (Lipinski definition) is 4. The van der Waals surface area contributed by atoms with Gasteiger partial charge in [-0.05, 0) is 37.2 Å². The lowest BCUT2D eigenvalue weighted by Crippen LogP contribution is -2.44. The number of anilines is 1. The monoisotopic (exact) mass is 289 g/mol. The fourth-order valence-corrected chi connectivity index (χ4v) is 3.99. The Balaban J connectivity index is 1.80. The molecule has 0 aliphatic heterocycles. The molecule has 5 heteroatoms. The first-order valence-corrected chi connectivity index (χ1v) is 7.26. The number of amides is 1. The molecule has 1 aromatic rings. The molecule has 1 aromatic carbocycles. The van der Waals surface area contributed by atoms with Crippen molar-refractivity contribution in [1.29, 1.82) is 0 Å². The lowest BCUT2D eigenvalue weighted by Gasteiger charge is -2.31.